The fourth-order valence-electron chi connectivity index (χ4n) is 3.24. The summed E-state index contributed by atoms with van der Waals surface area (Å²) in [5.74, 6) is -2.59. The molecule has 0 aromatic heterocycles. The van der Waals surface area contributed by atoms with E-state index in [0.717, 1.165) is 0 Å². The summed E-state index contributed by atoms with van der Waals surface area (Å²) in [7, 11) is -2.91. The van der Waals surface area contributed by atoms with E-state index in [1.165, 1.54) is 84.9 Å². The third-order valence-electron chi connectivity index (χ3n) is 4.76. The van der Waals surface area contributed by atoms with Crippen molar-refractivity contribution in [3.63, 3.8) is 0 Å². The van der Waals surface area contributed by atoms with Crippen LogP contribution in [0.1, 0.15) is 10.4 Å². The fourth-order valence-corrected chi connectivity index (χ4v) is 6.22. The quantitative estimate of drug-likeness (QED) is 0.358. The van der Waals surface area contributed by atoms with E-state index >= 15 is 0 Å². The van der Waals surface area contributed by atoms with Gasteiger partial charge in [-0.25, -0.2) is 18.0 Å². The third-order valence-corrected chi connectivity index (χ3v) is 7.97. The molecule has 0 saturated carbocycles. The monoisotopic (exact) mass is 454 g/mol. The average Bonchev–Trinajstić information content (AvgIpc) is 2.79. The van der Waals surface area contributed by atoms with Gasteiger partial charge in [-0.1, -0.05) is 12.1 Å². The zero-order valence-electron chi connectivity index (χ0n) is 16.5. The lowest BCUT2D eigenvalue weighted by molar-refractivity contribution is 0.0754. The zero-order chi connectivity index (χ0) is 22.7. The molecule has 0 saturated heterocycles. The Balaban J connectivity index is 1.98. The highest BCUT2D eigenvalue weighted by Gasteiger charge is 2.36. The number of aromatic hydroxyl groups is 1. The minimum absolute atomic E-state index is 0.0734. The van der Waals surface area contributed by atoms with Crippen molar-refractivity contribution < 1.29 is 27.3 Å². The van der Waals surface area contributed by atoms with E-state index in [-0.39, 0.29) is 11.3 Å². The van der Waals surface area contributed by atoms with Crippen molar-refractivity contribution in [2.24, 2.45) is 0 Å². The predicted molar refractivity (Wildman–Crippen MR) is 115 cm³/mol. The van der Waals surface area contributed by atoms with Gasteiger partial charge >= 0.3 is 5.97 Å². The van der Waals surface area contributed by atoms with Gasteiger partial charge in [-0.05, 0) is 95.2 Å². The van der Waals surface area contributed by atoms with E-state index in [4.69, 9.17) is 4.18 Å². The Hall–Kier alpha value is -3.71. The Labute approximate surface area is 184 Å². The van der Waals surface area contributed by atoms with Gasteiger partial charge in [0, 0.05) is 14.7 Å². The molecule has 0 bridgehead atoms. The first-order valence-electron chi connectivity index (χ1n) is 9.52. The lowest BCUT2D eigenvalue weighted by Crippen LogP contribution is -2.14. The normalized spacial score (nSPS) is 11.7. The molecule has 0 unspecified atom stereocenters. The maximum atomic E-state index is 13.7. The number of rotatable bonds is 5. The number of halogens is 3. The van der Waals surface area contributed by atoms with E-state index in [1.807, 2.05) is 0 Å². The number of phenolic OH excluding ortho intramolecular Hbond substituents is 1. The first kappa shape index (κ1) is 21.5. The smallest absolute Gasteiger partial charge is 0.353 e. The molecule has 0 atom stereocenters. The highest BCUT2D eigenvalue weighted by molar-refractivity contribution is 8.30. The first-order chi connectivity index (χ1) is 15.4. The van der Waals surface area contributed by atoms with E-state index < -0.39 is 33.7 Å². The Morgan fingerprint density at radius 3 is 1.38 bits per heavy atom. The summed E-state index contributed by atoms with van der Waals surface area (Å²) in [4.78, 5) is 14.5. The van der Waals surface area contributed by atoms with Crippen molar-refractivity contribution in [1.29, 1.82) is 0 Å². The number of benzene rings is 4. The molecule has 0 heterocycles. The summed E-state index contributed by atoms with van der Waals surface area (Å²) in [5.41, 5.74) is -0.0734. The van der Waals surface area contributed by atoms with Gasteiger partial charge in [-0.3, -0.25) is 0 Å². The summed E-state index contributed by atoms with van der Waals surface area (Å²) in [6, 6.07) is 22.0. The van der Waals surface area contributed by atoms with E-state index in [1.54, 1.807) is 12.1 Å². The molecular weight excluding hydrogens is 437 g/mol. The second kappa shape index (κ2) is 8.80. The molecule has 3 nitrogen and oxygen atoms in total. The Bertz CT molecular complexity index is 1130. The molecule has 0 spiro atoms. The molecule has 0 fully saturated rings. The third kappa shape index (κ3) is 4.07. The van der Waals surface area contributed by atoms with Crippen LogP contribution in [0.4, 0.5) is 13.2 Å². The van der Waals surface area contributed by atoms with Crippen molar-refractivity contribution in [2.45, 2.75) is 14.7 Å². The van der Waals surface area contributed by atoms with Gasteiger partial charge in [0.25, 0.3) is 0 Å². The molecule has 0 aliphatic heterocycles. The fraction of sp³-hybridized carbons (Fsp3) is 0. The first-order valence-corrected chi connectivity index (χ1v) is 11.1. The number of carbonyl (C=O) groups is 1. The minimum Gasteiger partial charge on any atom is -0.507 e. The van der Waals surface area contributed by atoms with Gasteiger partial charge in [-0.15, -0.1) is 0 Å². The molecule has 7 heteroatoms. The number of hydrogen-bond acceptors (Lipinski definition) is 3. The number of carbonyl (C=O) groups excluding carboxylic acids is 1. The molecule has 162 valence electrons. The number of para-hydroxylation sites is 1. The highest BCUT2D eigenvalue weighted by atomic mass is 32.3. The van der Waals surface area contributed by atoms with Gasteiger partial charge in [0.15, 0.2) is 0 Å². The molecule has 32 heavy (non-hydrogen) atoms. The molecule has 0 radical (unpaired) electrons. The summed E-state index contributed by atoms with van der Waals surface area (Å²) < 4.78 is 47.3. The lowest BCUT2D eigenvalue weighted by Gasteiger charge is -2.39. The summed E-state index contributed by atoms with van der Waals surface area (Å²) in [6.07, 6.45) is 0. The second-order valence-electron chi connectivity index (χ2n) is 6.81. The van der Waals surface area contributed by atoms with Gasteiger partial charge in [0.2, 0.25) is 0 Å². The van der Waals surface area contributed by atoms with Crippen LogP contribution in [0.3, 0.4) is 0 Å². The van der Waals surface area contributed by atoms with Crippen molar-refractivity contribution in [3.05, 3.63) is 120 Å². The van der Waals surface area contributed by atoms with Gasteiger partial charge in [-0.2, -0.15) is 0 Å². The van der Waals surface area contributed by atoms with Crippen LogP contribution in [0.25, 0.3) is 0 Å². The average molecular weight is 454 g/mol. The van der Waals surface area contributed by atoms with E-state index in [9.17, 15) is 23.1 Å². The standard InChI is InChI=1S/C25H17F3O3S/c26-17-5-11-20(12-6-17)32(21-13-7-18(27)8-14-21,22-15-9-19(28)10-16-22)31-25(30)23-3-1-2-4-24(23)29/h1-16,29H. The van der Waals surface area contributed by atoms with Crippen molar-refractivity contribution >= 4 is 16.3 Å². The molecule has 1 N–H and O–H groups in total. The van der Waals surface area contributed by atoms with Crippen molar-refractivity contribution in [2.75, 3.05) is 0 Å². The van der Waals surface area contributed by atoms with Crippen LogP contribution in [0.2, 0.25) is 0 Å². The Kier molecular flexibility index (Phi) is 5.92. The van der Waals surface area contributed by atoms with E-state index in [0.29, 0.717) is 14.7 Å². The van der Waals surface area contributed by atoms with Crippen LogP contribution in [0.5, 0.6) is 5.75 Å². The molecule has 4 aromatic rings. The summed E-state index contributed by atoms with van der Waals surface area (Å²) in [5, 5.41) is 10.2. The van der Waals surface area contributed by atoms with Gasteiger partial charge < -0.3 is 9.29 Å². The lowest BCUT2D eigenvalue weighted by atomic mass is 10.2. The maximum Gasteiger partial charge on any atom is 0.353 e. The Morgan fingerprint density at radius 1 is 0.625 bits per heavy atom. The molecular formula is C25H17F3O3S. The van der Waals surface area contributed by atoms with Crippen LogP contribution in [0, 0.1) is 17.5 Å². The second-order valence-corrected chi connectivity index (χ2v) is 9.50. The topological polar surface area (TPSA) is 46.5 Å². The molecule has 0 aliphatic rings. The van der Waals surface area contributed by atoms with Crippen molar-refractivity contribution in [1.82, 2.24) is 0 Å². The van der Waals surface area contributed by atoms with E-state index in [2.05, 4.69) is 0 Å². The van der Waals surface area contributed by atoms with Gasteiger partial charge in [0.1, 0.15) is 28.8 Å². The maximum absolute atomic E-state index is 13.7. The highest BCUT2D eigenvalue weighted by Crippen LogP contribution is 2.69. The largest absolute Gasteiger partial charge is 0.507 e. The zero-order valence-corrected chi connectivity index (χ0v) is 17.4. The predicted octanol–water partition coefficient (Wildman–Crippen LogP) is 6.86. The van der Waals surface area contributed by atoms with Crippen LogP contribution in [0.15, 0.2) is 112 Å². The summed E-state index contributed by atoms with van der Waals surface area (Å²) in [6.45, 7) is 0. The van der Waals surface area contributed by atoms with Crippen LogP contribution >= 0.6 is 10.3 Å². The molecule has 0 amide bonds. The van der Waals surface area contributed by atoms with Crippen LogP contribution < -0.4 is 0 Å². The summed E-state index contributed by atoms with van der Waals surface area (Å²) >= 11 is 0. The minimum atomic E-state index is -2.91. The SMILES string of the molecule is O=C(OS(c1ccc(F)cc1)(c1ccc(F)cc1)c1ccc(F)cc1)c1ccccc1O. The van der Waals surface area contributed by atoms with Crippen molar-refractivity contribution in [3.8, 4) is 5.75 Å². The molecule has 4 aromatic carbocycles. The van der Waals surface area contributed by atoms with Crippen LogP contribution in [-0.4, -0.2) is 11.1 Å². The number of phenols is 1. The molecule has 0 aliphatic carbocycles. The van der Waals surface area contributed by atoms with Crippen LogP contribution in [-0.2, 0) is 4.18 Å². The molecule has 4 rings (SSSR count). The Morgan fingerprint density at radius 2 is 1.00 bits per heavy atom. The number of hydrogen-bond donors (Lipinski definition) is 1. The van der Waals surface area contributed by atoms with Gasteiger partial charge in [0.05, 0.1) is 0 Å².